The van der Waals surface area contributed by atoms with Crippen molar-refractivity contribution in [2.45, 2.75) is 44.7 Å². The van der Waals surface area contributed by atoms with Crippen LogP contribution in [0.25, 0.3) is 0 Å². The zero-order valence-electron chi connectivity index (χ0n) is 18.5. The van der Waals surface area contributed by atoms with Crippen LogP contribution in [0.2, 0.25) is 0 Å². The van der Waals surface area contributed by atoms with E-state index in [1.54, 1.807) is 0 Å². The van der Waals surface area contributed by atoms with Crippen molar-refractivity contribution in [3.8, 4) is 5.75 Å². The van der Waals surface area contributed by atoms with Crippen molar-refractivity contribution in [2.24, 2.45) is 5.92 Å². The highest BCUT2D eigenvalue weighted by atomic mass is 127. The van der Waals surface area contributed by atoms with Crippen LogP contribution in [0, 0.1) is 9.49 Å². The zero-order valence-corrected chi connectivity index (χ0v) is 20.6. The fraction of sp³-hybridized carbons (Fsp3) is 0.333. The van der Waals surface area contributed by atoms with Crippen molar-refractivity contribution in [3.63, 3.8) is 0 Å². The Labute approximate surface area is 208 Å². The average Bonchev–Trinajstić information content (AvgIpc) is 2.85. The van der Waals surface area contributed by atoms with E-state index >= 15 is 0 Å². The molecule has 0 spiro atoms. The van der Waals surface area contributed by atoms with Gasteiger partial charge in [-0.25, -0.2) is 4.39 Å². The average molecular weight is 562 g/mol. The molecule has 0 amide bonds. The number of ether oxygens (including phenoxy) is 4. The summed E-state index contributed by atoms with van der Waals surface area (Å²) in [5, 5.41) is 0. The standard InChI is InChI=1S/C27H28FIO4/c1-19-24(16-28)33-27(32-23-14-12-22(29)13-15-23)26(31-18-21-10-6-3-7-11-21)25(19)30-17-20-8-4-2-5-9-20/h2-15,19,24-27H,16-18H2,1H3/t19-,24-,25+,26+,27+/m1/s1. The van der Waals surface area contributed by atoms with Crippen LogP contribution in [-0.4, -0.2) is 31.3 Å². The Morgan fingerprint density at radius 3 is 1.88 bits per heavy atom. The molecule has 1 saturated heterocycles. The van der Waals surface area contributed by atoms with Crippen LogP contribution in [0.4, 0.5) is 4.39 Å². The first-order valence-electron chi connectivity index (χ1n) is 11.1. The first-order valence-corrected chi connectivity index (χ1v) is 12.2. The van der Waals surface area contributed by atoms with E-state index in [-0.39, 0.29) is 5.92 Å². The van der Waals surface area contributed by atoms with E-state index in [1.807, 2.05) is 91.9 Å². The maximum atomic E-state index is 13.9. The third-order valence-corrected chi connectivity index (χ3v) is 6.51. The summed E-state index contributed by atoms with van der Waals surface area (Å²) in [5.74, 6) is 0.429. The maximum Gasteiger partial charge on any atom is 0.229 e. The highest BCUT2D eigenvalue weighted by Gasteiger charge is 2.46. The SMILES string of the molecule is C[C@H]1[C@H](OCc2ccccc2)[C@H](OCc2ccccc2)[C@@H](Oc2ccc(I)cc2)O[C@@H]1CF. The van der Waals surface area contributed by atoms with Crippen molar-refractivity contribution in [2.75, 3.05) is 6.67 Å². The van der Waals surface area contributed by atoms with E-state index in [1.165, 1.54) is 0 Å². The summed E-state index contributed by atoms with van der Waals surface area (Å²) in [4.78, 5) is 0. The summed E-state index contributed by atoms with van der Waals surface area (Å²) in [6.45, 7) is 2.10. The quantitative estimate of drug-likeness (QED) is 0.293. The molecule has 6 heteroatoms. The lowest BCUT2D eigenvalue weighted by atomic mass is 9.90. The first-order chi connectivity index (χ1) is 16.1. The second-order valence-electron chi connectivity index (χ2n) is 8.15. The van der Waals surface area contributed by atoms with Crippen LogP contribution < -0.4 is 4.74 Å². The lowest BCUT2D eigenvalue weighted by Gasteiger charge is -2.44. The molecule has 3 aromatic carbocycles. The Kier molecular flexibility index (Phi) is 8.72. The van der Waals surface area contributed by atoms with Gasteiger partial charge in [0.05, 0.1) is 25.4 Å². The largest absolute Gasteiger partial charge is 0.462 e. The molecule has 1 fully saturated rings. The van der Waals surface area contributed by atoms with Crippen molar-refractivity contribution < 1.29 is 23.3 Å². The molecule has 174 valence electrons. The van der Waals surface area contributed by atoms with E-state index in [4.69, 9.17) is 18.9 Å². The van der Waals surface area contributed by atoms with E-state index < -0.39 is 31.3 Å². The molecule has 0 aromatic heterocycles. The topological polar surface area (TPSA) is 36.9 Å². The minimum Gasteiger partial charge on any atom is -0.462 e. The molecule has 0 bridgehead atoms. The van der Waals surface area contributed by atoms with Gasteiger partial charge in [0.1, 0.15) is 18.5 Å². The number of rotatable bonds is 9. The molecule has 0 N–H and O–H groups in total. The number of benzene rings is 3. The van der Waals surface area contributed by atoms with Crippen LogP contribution in [0.1, 0.15) is 18.1 Å². The Bertz CT molecular complexity index is 970. The summed E-state index contributed by atoms with van der Waals surface area (Å²) in [5.41, 5.74) is 2.08. The molecule has 5 atom stereocenters. The number of hydrogen-bond acceptors (Lipinski definition) is 4. The normalized spacial score (nSPS) is 25.0. The van der Waals surface area contributed by atoms with Gasteiger partial charge in [0, 0.05) is 9.49 Å². The third-order valence-electron chi connectivity index (χ3n) is 5.79. The first kappa shape index (κ1) is 24.1. The highest BCUT2D eigenvalue weighted by molar-refractivity contribution is 14.1. The minimum atomic E-state index is -0.800. The molecule has 4 rings (SSSR count). The molecule has 0 saturated carbocycles. The fourth-order valence-electron chi connectivity index (χ4n) is 3.91. The Balaban J connectivity index is 1.57. The molecule has 1 aliphatic heterocycles. The van der Waals surface area contributed by atoms with Crippen LogP contribution in [0.5, 0.6) is 5.75 Å². The van der Waals surface area contributed by atoms with Crippen molar-refractivity contribution >= 4 is 22.6 Å². The Hall–Kier alpha value is -2.00. The molecular weight excluding hydrogens is 534 g/mol. The third kappa shape index (κ3) is 6.53. The van der Waals surface area contributed by atoms with Gasteiger partial charge in [0.25, 0.3) is 0 Å². The summed E-state index contributed by atoms with van der Waals surface area (Å²) < 4.78 is 40.0. The van der Waals surface area contributed by atoms with E-state index in [0.29, 0.717) is 19.0 Å². The second-order valence-corrected chi connectivity index (χ2v) is 9.40. The van der Waals surface area contributed by atoms with E-state index in [9.17, 15) is 4.39 Å². The van der Waals surface area contributed by atoms with Gasteiger partial charge >= 0.3 is 0 Å². The van der Waals surface area contributed by atoms with E-state index in [0.717, 1.165) is 14.7 Å². The van der Waals surface area contributed by atoms with Crippen LogP contribution in [0.3, 0.4) is 0 Å². The van der Waals surface area contributed by atoms with Crippen molar-refractivity contribution in [1.82, 2.24) is 0 Å². The molecule has 1 aliphatic rings. The van der Waals surface area contributed by atoms with Gasteiger partial charge in [-0.1, -0.05) is 67.6 Å². The molecule has 0 aliphatic carbocycles. The number of hydrogen-bond donors (Lipinski definition) is 0. The summed E-state index contributed by atoms with van der Waals surface area (Å²) in [6, 6.07) is 27.5. The molecule has 4 nitrogen and oxygen atoms in total. The molecular formula is C27H28FIO4. The van der Waals surface area contributed by atoms with Crippen molar-refractivity contribution in [1.29, 1.82) is 0 Å². The summed E-state index contributed by atoms with van der Waals surface area (Å²) >= 11 is 2.24. The molecule has 0 unspecified atom stereocenters. The zero-order chi connectivity index (χ0) is 23.0. The Morgan fingerprint density at radius 2 is 1.33 bits per heavy atom. The van der Waals surface area contributed by atoms with Crippen LogP contribution >= 0.6 is 22.6 Å². The predicted molar refractivity (Wildman–Crippen MR) is 134 cm³/mol. The molecule has 0 radical (unpaired) electrons. The Morgan fingerprint density at radius 1 is 0.788 bits per heavy atom. The van der Waals surface area contributed by atoms with Gasteiger partial charge in [-0.3, -0.25) is 0 Å². The molecule has 33 heavy (non-hydrogen) atoms. The van der Waals surface area contributed by atoms with Gasteiger partial charge in [-0.15, -0.1) is 0 Å². The summed E-state index contributed by atoms with van der Waals surface area (Å²) in [6.07, 6.45) is -2.38. The predicted octanol–water partition coefficient (Wildman–Crippen LogP) is 6.17. The lowest BCUT2D eigenvalue weighted by Crippen LogP contribution is -2.58. The van der Waals surface area contributed by atoms with Crippen LogP contribution in [0.15, 0.2) is 84.9 Å². The van der Waals surface area contributed by atoms with Crippen LogP contribution in [-0.2, 0) is 27.4 Å². The smallest absolute Gasteiger partial charge is 0.229 e. The van der Waals surface area contributed by atoms with Gasteiger partial charge in [-0.2, -0.15) is 0 Å². The second kappa shape index (κ2) is 11.9. The maximum absolute atomic E-state index is 13.9. The number of alkyl halides is 1. The number of halogens is 2. The summed E-state index contributed by atoms with van der Waals surface area (Å²) in [7, 11) is 0. The minimum absolute atomic E-state index is 0.212. The van der Waals surface area contributed by atoms with E-state index in [2.05, 4.69) is 22.6 Å². The molecule has 1 heterocycles. The van der Waals surface area contributed by atoms with Gasteiger partial charge in [0.2, 0.25) is 6.29 Å². The van der Waals surface area contributed by atoms with Gasteiger partial charge in [-0.05, 0) is 58.0 Å². The van der Waals surface area contributed by atoms with Crippen molar-refractivity contribution in [3.05, 3.63) is 99.6 Å². The molecule has 3 aromatic rings. The monoisotopic (exact) mass is 562 g/mol. The fourth-order valence-corrected chi connectivity index (χ4v) is 4.27. The van der Waals surface area contributed by atoms with Gasteiger partial charge < -0.3 is 18.9 Å². The highest BCUT2D eigenvalue weighted by Crippen LogP contribution is 2.33. The van der Waals surface area contributed by atoms with Gasteiger partial charge in [0.15, 0.2) is 0 Å². The lowest BCUT2D eigenvalue weighted by molar-refractivity contribution is -0.282.